The Morgan fingerprint density at radius 3 is 2.72 bits per heavy atom. The number of ether oxygens (including phenoxy) is 2. The molecule has 1 aliphatic rings. The standard InChI is InChI=1S/C21H28N2O4S2/c1-22(2)12-15-8-9-16(27-15)13-28-11-10-23-19(24)14-29-21(23)17-6-5-7-18(25-3)20(17)26-4/h5-9,21H,10-14H2,1-4H3. The minimum Gasteiger partial charge on any atom is -0.493 e. The summed E-state index contributed by atoms with van der Waals surface area (Å²) >= 11 is 3.41. The van der Waals surface area contributed by atoms with E-state index in [1.54, 1.807) is 37.7 Å². The van der Waals surface area contributed by atoms with Crippen molar-refractivity contribution < 1.29 is 18.7 Å². The maximum absolute atomic E-state index is 12.5. The van der Waals surface area contributed by atoms with Crippen LogP contribution in [0, 0.1) is 0 Å². The van der Waals surface area contributed by atoms with Gasteiger partial charge >= 0.3 is 0 Å². The molecule has 0 aliphatic carbocycles. The molecule has 6 nitrogen and oxygen atoms in total. The molecular weight excluding hydrogens is 408 g/mol. The van der Waals surface area contributed by atoms with Gasteiger partial charge in [-0.3, -0.25) is 4.79 Å². The fourth-order valence-corrected chi connectivity index (χ4v) is 5.35. The van der Waals surface area contributed by atoms with Gasteiger partial charge in [0.25, 0.3) is 0 Å². The molecule has 1 aromatic carbocycles. The Hall–Kier alpha value is -1.77. The van der Waals surface area contributed by atoms with Gasteiger partial charge in [-0.05, 0) is 32.3 Å². The summed E-state index contributed by atoms with van der Waals surface area (Å²) in [5.41, 5.74) is 0.979. The molecule has 1 aliphatic heterocycles. The van der Waals surface area contributed by atoms with Crippen molar-refractivity contribution >= 4 is 29.4 Å². The van der Waals surface area contributed by atoms with Gasteiger partial charge in [-0.15, -0.1) is 11.8 Å². The van der Waals surface area contributed by atoms with Crippen LogP contribution in [0.25, 0.3) is 0 Å². The van der Waals surface area contributed by atoms with E-state index in [1.807, 2.05) is 49.3 Å². The average molecular weight is 437 g/mol. The molecule has 0 saturated carbocycles. The Labute approximate surface area is 180 Å². The first-order valence-corrected chi connectivity index (χ1v) is 11.7. The third kappa shape index (κ3) is 5.43. The maximum atomic E-state index is 12.5. The van der Waals surface area contributed by atoms with Gasteiger partial charge in [-0.1, -0.05) is 12.1 Å². The number of hydrogen-bond acceptors (Lipinski definition) is 7. The number of rotatable bonds is 10. The van der Waals surface area contributed by atoms with Crippen LogP contribution in [0.1, 0.15) is 22.5 Å². The Kier molecular flexibility index (Phi) is 7.80. The van der Waals surface area contributed by atoms with Crippen molar-refractivity contribution in [1.29, 1.82) is 0 Å². The quantitative estimate of drug-likeness (QED) is 0.524. The summed E-state index contributed by atoms with van der Waals surface area (Å²) in [5, 5.41) is -0.0524. The Balaban J connectivity index is 1.58. The van der Waals surface area contributed by atoms with E-state index in [2.05, 4.69) is 4.90 Å². The van der Waals surface area contributed by atoms with Crippen molar-refractivity contribution in [1.82, 2.24) is 9.80 Å². The number of carbonyl (C=O) groups is 1. The second-order valence-electron chi connectivity index (χ2n) is 6.99. The molecule has 1 fully saturated rings. The molecular formula is C21H28N2O4S2. The summed E-state index contributed by atoms with van der Waals surface area (Å²) in [6, 6.07) is 9.88. The van der Waals surface area contributed by atoms with Crippen LogP contribution in [0.3, 0.4) is 0 Å². The first-order valence-electron chi connectivity index (χ1n) is 9.45. The van der Waals surface area contributed by atoms with Crippen molar-refractivity contribution in [3.63, 3.8) is 0 Å². The zero-order valence-electron chi connectivity index (χ0n) is 17.3. The van der Waals surface area contributed by atoms with E-state index in [-0.39, 0.29) is 11.3 Å². The lowest BCUT2D eigenvalue weighted by Crippen LogP contribution is -2.30. The van der Waals surface area contributed by atoms with Crippen molar-refractivity contribution in [2.24, 2.45) is 0 Å². The van der Waals surface area contributed by atoms with Crippen LogP contribution in [-0.2, 0) is 17.1 Å². The molecule has 158 valence electrons. The molecule has 0 N–H and O–H groups in total. The highest BCUT2D eigenvalue weighted by Crippen LogP contribution is 2.45. The van der Waals surface area contributed by atoms with Crippen LogP contribution in [0.15, 0.2) is 34.7 Å². The number of hydrogen-bond donors (Lipinski definition) is 0. The number of para-hydroxylation sites is 1. The third-order valence-corrected chi connectivity index (χ3v) is 6.78. The number of nitrogens with zero attached hydrogens (tertiary/aromatic N) is 2. The summed E-state index contributed by atoms with van der Waals surface area (Å²) in [4.78, 5) is 16.5. The number of benzene rings is 1. The lowest BCUT2D eigenvalue weighted by Gasteiger charge is -2.26. The first kappa shape index (κ1) is 21.9. The van der Waals surface area contributed by atoms with Crippen molar-refractivity contribution in [2.45, 2.75) is 17.7 Å². The number of thioether (sulfide) groups is 2. The fraction of sp³-hybridized carbons (Fsp3) is 0.476. The summed E-state index contributed by atoms with van der Waals surface area (Å²) in [5.74, 6) is 5.63. The second kappa shape index (κ2) is 10.3. The molecule has 1 aromatic heterocycles. The highest BCUT2D eigenvalue weighted by Gasteiger charge is 2.34. The summed E-state index contributed by atoms with van der Waals surface area (Å²) in [6.07, 6.45) is 0. The zero-order chi connectivity index (χ0) is 20.8. The van der Waals surface area contributed by atoms with E-state index in [4.69, 9.17) is 13.9 Å². The van der Waals surface area contributed by atoms with E-state index in [0.717, 1.165) is 35.1 Å². The van der Waals surface area contributed by atoms with Gasteiger partial charge in [0, 0.05) is 17.9 Å². The van der Waals surface area contributed by atoms with Crippen molar-refractivity contribution in [3.8, 4) is 11.5 Å². The molecule has 3 rings (SSSR count). The molecule has 1 amide bonds. The molecule has 0 radical (unpaired) electrons. The van der Waals surface area contributed by atoms with Gasteiger partial charge in [-0.25, -0.2) is 0 Å². The fourth-order valence-electron chi connectivity index (χ4n) is 3.29. The number of furan rings is 1. The van der Waals surface area contributed by atoms with Crippen LogP contribution in [0.5, 0.6) is 11.5 Å². The van der Waals surface area contributed by atoms with Crippen molar-refractivity contribution in [3.05, 3.63) is 47.4 Å². The van der Waals surface area contributed by atoms with Crippen LogP contribution in [0.4, 0.5) is 0 Å². The summed E-state index contributed by atoms with van der Waals surface area (Å²) in [7, 11) is 7.31. The lowest BCUT2D eigenvalue weighted by atomic mass is 10.1. The van der Waals surface area contributed by atoms with Crippen LogP contribution in [-0.4, -0.2) is 62.1 Å². The van der Waals surface area contributed by atoms with E-state index in [0.29, 0.717) is 23.8 Å². The smallest absolute Gasteiger partial charge is 0.233 e. The van der Waals surface area contributed by atoms with Gasteiger partial charge in [0.15, 0.2) is 11.5 Å². The second-order valence-corrected chi connectivity index (χ2v) is 9.17. The van der Waals surface area contributed by atoms with Crippen molar-refractivity contribution in [2.75, 3.05) is 46.4 Å². The average Bonchev–Trinajstić information content (AvgIpc) is 3.30. The highest BCUT2D eigenvalue weighted by atomic mass is 32.2. The predicted octanol–water partition coefficient (Wildman–Crippen LogP) is 3.87. The first-order chi connectivity index (χ1) is 14.0. The van der Waals surface area contributed by atoms with Gasteiger partial charge in [0.1, 0.15) is 16.9 Å². The van der Waals surface area contributed by atoms with Gasteiger partial charge in [0.05, 0.1) is 32.3 Å². The minimum absolute atomic E-state index is 0.0524. The van der Waals surface area contributed by atoms with E-state index in [9.17, 15) is 4.79 Å². The number of amides is 1. The van der Waals surface area contributed by atoms with E-state index >= 15 is 0 Å². The number of methoxy groups -OCH3 is 2. The molecule has 8 heteroatoms. The molecule has 1 atom stereocenters. The molecule has 1 saturated heterocycles. The Morgan fingerprint density at radius 2 is 2.00 bits per heavy atom. The summed E-state index contributed by atoms with van der Waals surface area (Å²) < 4.78 is 16.9. The zero-order valence-corrected chi connectivity index (χ0v) is 19.0. The van der Waals surface area contributed by atoms with Gasteiger partial charge < -0.3 is 23.7 Å². The topological polar surface area (TPSA) is 55.2 Å². The van der Waals surface area contributed by atoms with Gasteiger partial charge in [-0.2, -0.15) is 11.8 Å². The number of carbonyl (C=O) groups excluding carboxylic acids is 1. The van der Waals surface area contributed by atoms with Crippen LogP contribution in [0.2, 0.25) is 0 Å². The minimum atomic E-state index is -0.0524. The van der Waals surface area contributed by atoms with E-state index < -0.39 is 0 Å². The monoisotopic (exact) mass is 436 g/mol. The van der Waals surface area contributed by atoms with Crippen LogP contribution >= 0.6 is 23.5 Å². The largest absolute Gasteiger partial charge is 0.493 e. The van der Waals surface area contributed by atoms with Crippen LogP contribution < -0.4 is 9.47 Å². The Morgan fingerprint density at radius 1 is 1.21 bits per heavy atom. The summed E-state index contributed by atoms with van der Waals surface area (Å²) in [6.45, 7) is 1.49. The lowest BCUT2D eigenvalue weighted by molar-refractivity contribution is -0.127. The maximum Gasteiger partial charge on any atom is 0.233 e. The molecule has 2 heterocycles. The molecule has 0 bridgehead atoms. The highest BCUT2D eigenvalue weighted by molar-refractivity contribution is 8.00. The molecule has 1 unspecified atom stereocenters. The normalized spacial score (nSPS) is 16.7. The molecule has 0 spiro atoms. The Bertz CT molecular complexity index is 825. The third-order valence-electron chi connectivity index (χ3n) is 4.58. The van der Waals surface area contributed by atoms with Gasteiger partial charge in [0.2, 0.25) is 5.91 Å². The predicted molar refractivity (Wildman–Crippen MR) is 119 cm³/mol. The molecule has 2 aromatic rings. The van der Waals surface area contributed by atoms with E-state index in [1.165, 1.54) is 0 Å². The SMILES string of the molecule is COc1cccc(C2SCC(=O)N2CCSCc2ccc(CN(C)C)o2)c1OC. The molecule has 29 heavy (non-hydrogen) atoms.